The van der Waals surface area contributed by atoms with Gasteiger partial charge in [-0.15, -0.1) is 11.3 Å². The van der Waals surface area contributed by atoms with Crippen molar-refractivity contribution >= 4 is 38.2 Å². The van der Waals surface area contributed by atoms with E-state index in [1.165, 1.54) is 15.3 Å². The Morgan fingerprint density at radius 3 is 2.55 bits per heavy atom. The summed E-state index contributed by atoms with van der Waals surface area (Å²) >= 11 is 1.53. The first-order valence-corrected chi connectivity index (χ1v) is 12.5. The number of Topliss-reactive ketones (excluding diaryl/α,β-unsaturated/α-hetero) is 1. The Bertz CT molecular complexity index is 1380. The highest BCUT2D eigenvalue weighted by atomic mass is 32.2. The molecule has 1 saturated carbocycles. The maximum Gasteiger partial charge on any atom is 0.269 e. The van der Waals surface area contributed by atoms with Gasteiger partial charge in [-0.05, 0) is 49.4 Å². The molecule has 0 amide bonds. The summed E-state index contributed by atoms with van der Waals surface area (Å²) in [6.07, 6.45) is 6.17. The summed E-state index contributed by atoms with van der Waals surface area (Å²) < 4.78 is 28.0. The minimum absolute atomic E-state index is 0.213. The molecule has 1 aliphatic carbocycles. The first-order valence-electron chi connectivity index (χ1n) is 10.2. The zero-order chi connectivity index (χ0) is 21.6. The maximum atomic E-state index is 13.4. The summed E-state index contributed by atoms with van der Waals surface area (Å²) in [5.41, 5.74) is 2.93. The SMILES string of the molecule is Cc1nc(-c2cn(S(=O)(=O)c3ccccc3)c3ncc(C4CCC(=O)CC4)cc23)cs1. The molecule has 0 saturated heterocycles. The number of rotatable bonds is 4. The molecule has 1 fully saturated rings. The first-order chi connectivity index (χ1) is 14.9. The molecule has 3 heterocycles. The quantitative estimate of drug-likeness (QED) is 0.439. The Hall–Kier alpha value is -2.84. The Morgan fingerprint density at radius 1 is 1.13 bits per heavy atom. The fraction of sp³-hybridized carbons (Fsp3) is 0.261. The normalized spacial score (nSPS) is 15.6. The zero-order valence-corrected chi connectivity index (χ0v) is 18.6. The molecule has 31 heavy (non-hydrogen) atoms. The van der Waals surface area contributed by atoms with E-state index in [1.54, 1.807) is 42.7 Å². The van der Waals surface area contributed by atoms with Gasteiger partial charge in [0.15, 0.2) is 5.65 Å². The molecule has 6 nitrogen and oxygen atoms in total. The average molecular weight is 452 g/mol. The first kappa shape index (κ1) is 20.1. The summed E-state index contributed by atoms with van der Waals surface area (Å²) in [6, 6.07) is 10.4. The summed E-state index contributed by atoms with van der Waals surface area (Å²) in [5.74, 6) is 0.567. The van der Waals surface area contributed by atoms with E-state index < -0.39 is 10.0 Å². The molecule has 158 valence electrons. The molecule has 0 N–H and O–H groups in total. The number of ketones is 1. The minimum atomic E-state index is -3.81. The van der Waals surface area contributed by atoms with Crippen molar-refractivity contribution in [1.29, 1.82) is 0 Å². The number of carbonyl (C=O) groups is 1. The van der Waals surface area contributed by atoms with E-state index in [0.29, 0.717) is 24.3 Å². The largest absolute Gasteiger partial charge is 0.300 e. The zero-order valence-electron chi connectivity index (χ0n) is 17.0. The van der Waals surface area contributed by atoms with Gasteiger partial charge in [0.25, 0.3) is 10.0 Å². The molecular formula is C23H21N3O3S2. The van der Waals surface area contributed by atoms with E-state index in [-0.39, 0.29) is 10.8 Å². The highest BCUT2D eigenvalue weighted by Crippen LogP contribution is 2.37. The van der Waals surface area contributed by atoms with Crippen molar-refractivity contribution < 1.29 is 13.2 Å². The van der Waals surface area contributed by atoms with Crippen LogP contribution in [0.4, 0.5) is 0 Å². The van der Waals surface area contributed by atoms with Crippen LogP contribution in [-0.2, 0) is 14.8 Å². The topological polar surface area (TPSA) is 81.9 Å². The number of fused-ring (bicyclic) bond motifs is 1. The van der Waals surface area contributed by atoms with Crippen molar-refractivity contribution in [3.05, 3.63) is 64.7 Å². The number of hydrogen-bond acceptors (Lipinski definition) is 6. The number of carbonyl (C=O) groups excluding carboxylic acids is 1. The summed E-state index contributed by atoms with van der Waals surface area (Å²) in [5, 5.41) is 3.62. The van der Waals surface area contributed by atoms with E-state index in [1.807, 2.05) is 18.4 Å². The van der Waals surface area contributed by atoms with Gasteiger partial charge >= 0.3 is 0 Å². The van der Waals surface area contributed by atoms with Crippen LogP contribution in [0.1, 0.15) is 42.2 Å². The summed E-state index contributed by atoms with van der Waals surface area (Å²) in [4.78, 5) is 21.0. The van der Waals surface area contributed by atoms with E-state index in [2.05, 4.69) is 9.97 Å². The number of pyridine rings is 1. The van der Waals surface area contributed by atoms with E-state index in [9.17, 15) is 13.2 Å². The van der Waals surface area contributed by atoms with E-state index in [4.69, 9.17) is 0 Å². The summed E-state index contributed by atoms with van der Waals surface area (Å²) in [7, 11) is -3.81. The monoisotopic (exact) mass is 451 g/mol. The van der Waals surface area contributed by atoms with Gasteiger partial charge in [-0.2, -0.15) is 0 Å². The molecule has 1 aromatic carbocycles. The predicted octanol–water partition coefficient (Wildman–Crippen LogP) is 4.93. The van der Waals surface area contributed by atoms with Crippen LogP contribution >= 0.6 is 11.3 Å². The molecule has 0 radical (unpaired) electrons. The van der Waals surface area contributed by atoms with Crippen LogP contribution in [0.15, 0.2) is 59.1 Å². The van der Waals surface area contributed by atoms with Crippen molar-refractivity contribution in [2.75, 3.05) is 0 Å². The van der Waals surface area contributed by atoms with Crippen LogP contribution in [0, 0.1) is 6.92 Å². The van der Waals surface area contributed by atoms with Gasteiger partial charge in [-0.1, -0.05) is 18.2 Å². The molecule has 0 aliphatic heterocycles. The molecule has 0 atom stereocenters. The highest BCUT2D eigenvalue weighted by molar-refractivity contribution is 7.90. The molecule has 0 unspecified atom stereocenters. The highest BCUT2D eigenvalue weighted by Gasteiger charge is 2.26. The van der Waals surface area contributed by atoms with Gasteiger partial charge < -0.3 is 0 Å². The van der Waals surface area contributed by atoms with Crippen molar-refractivity contribution in [1.82, 2.24) is 13.9 Å². The number of benzene rings is 1. The van der Waals surface area contributed by atoms with Crippen LogP contribution in [-0.4, -0.2) is 28.1 Å². The fourth-order valence-electron chi connectivity index (χ4n) is 4.17. The third-order valence-electron chi connectivity index (χ3n) is 5.84. The second-order valence-corrected chi connectivity index (χ2v) is 10.7. The second-order valence-electron chi connectivity index (χ2n) is 7.86. The minimum Gasteiger partial charge on any atom is -0.300 e. The van der Waals surface area contributed by atoms with Crippen LogP contribution in [0.2, 0.25) is 0 Å². The van der Waals surface area contributed by atoms with Crippen LogP contribution in [0.25, 0.3) is 22.3 Å². The molecule has 3 aromatic heterocycles. The van der Waals surface area contributed by atoms with Gasteiger partial charge in [0, 0.05) is 41.6 Å². The third-order valence-corrected chi connectivity index (χ3v) is 8.28. The Kier molecular flexibility index (Phi) is 4.98. The molecule has 5 rings (SSSR count). The Balaban J connectivity index is 1.70. The lowest BCUT2D eigenvalue weighted by atomic mass is 9.84. The number of thiazole rings is 1. The van der Waals surface area contributed by atoms with Gasteiger partial charge in [-0.25, -0.2) is 22.4 Å². The van der Waals surface area contributed by atoms with Gasteiger partial charge in [0.05, 0.1) is 15.6 Å². The lowest BCUT2D eigenvalue weighted by Gasteiger charge is -2.21. The molecule has 4 aromatic rings. The maximum absolute atomic E-state index is 13.4. The molecular weight excluding hydrogens is 430 g/mol. The van der Waals surface area contributed by atoms with Crippen molar-refractivity contribution in [3.8, 4) is 11.3 Å². The fourth-order valence-corrected chi connectivity index (χ4v) is 6.13. The third kappa shape index (κ3) is 3.59. The van der Waals surface area contributed by atoms with E-state index >= 15 is 0 Å². The number of aryl methyl sites for hydroxylation is 1. The van der Waals surface area contributed by atoms with Crippen LogP contribution < -0.4 is 0 Å². The standard InChI is InChI=1S/C23H21N3O3S2/c1-15-25-22(14-30-15)21-13-26(31(28,29)19-5-3-2-4-6-19)23-20(21)11-17(12-24-23)16-7-9-18(27)10-8-16/h2-6,11-14,16H,7-10H2,1H3. The lowest BCUT2D eigenvalue weighted by molar-refractivity contribution is -0.120. The predicted molar refractivity (Wildman–Crippen MR) is 121 cm³/mol. The van der Waals surface area contributed by atoms with E-state index in [0.717, 1.165) is 40.1 Å². The number of nitrogens with zero attached hydrogens (tertiary/aromatic N) is 3. The molecule has 1 aliphatic rings. The molecule has 0 spiro atoms. The van der Waals surface area contributed by atoms with Crippen LogP contribution in [0.5, 0.6) is 0 Å². The Labute approximate surface area is 184 Å². The average Bonchev–Trinajstić information content (AvgIpc) is 3.38. The molecule has 0 bridgehead atoms. The molecule has 8 heteroatoms. The van der Waals surface area contributed by atoms with Gasteiger partial charge in [0.2, 0.25) is 0 Å². The van der Waals surface area contributed by atoms with Gasteiger partial charge in [0.1, 0.15) is 5.78 Å². The second kappa shape index (κ2) is 7.69. The van der Waals surface area contributed by atoms with Crippen molar-refractivity contribution in [2.24, 2.45) is 0 Å². The van der Waals surface area contributed by atoms with Crippen molar-refractivity contribution in [2.45, 2.75) is 43.4 Å². The van der Waals surface area contributed by atoms with Crippen LogP contribution in [0.3, 0.4) is 0 Å². The Morgan fingerprint density at radius 2 is 1.87 bits per heavy atom. The van der Waals surface area contributed by atoms with Gasteiger partial charge in [-0.3, -0.25) is 4.79 Å². The summed E-state index contributed by atoms with van der Waals surface area (Å²) in [6.45, 7) is 1.93. The van der Waals surface area contributed by atoms with Crippen molar-refractivity contribution in [3.63, 3.8) is 0 Å². The smallest absolute Gasteiger partial charge is 0.269 e. The number of hydrogen-bond donors (Lipinski definition) is 0. The number of aromatic nitrogens is 3. The lowest BCUT2D eigenvalue weighted by Crippen LogP contribution is -2.13.